The molecule has 1 aromatic rings. The van der Waals surface area contributed by atoms with E-state index in [-0.39, 0.29) is 19.1 Å². The first-order valence-corrected chi connectivity index (χ1v) is 9.36. The fourth-order valence-corrected chi connectivity index (χ4v) is 3.71. The summed E-state index contributed by atoms with van der Waals surface area (Å²) in [4.78, 5) is 26.1. The van der Waals surface area contributed by atoms with E-state index in [2.05, 4.69) is 6.92 Å². The molecule has 1 aromatic carbocycles. The second-order valence-electron chi connectivity index (χ2n) is 6.18. The minimum atomic E-state index is -1.000. The van der Waals surface area contributed by atoms with Gasteiger partial charge < -0.3 is 14.7 Å². The first-order chi connectivity index (χ1) is 11.5. The molecule has 0 aromatic heterocycles. The Kier molecular flexibility index (Phi) is 6.69. The largest absolute Gasteiger partial charge is 0.481 e. The van der Waals surface area contributed by atoms with Crippen molar-refractivity contribution in [3.8, 4) is 0 Å². The number of ether oxygens (including phenoxy) is 1. The number of carbonyl (C=O) groups is 2. The summed E-state index contributed by atoms with van der Waals surface area (Å²) in [6.45, 7) is 3.03. The minimum Gasteiger partial charge on any atom is -0.481 e. The van der Waals surface area contributed by atoms with Crippen LogP contribution in [-0.2, 0) is 15.3 Å². The molecule has 1 saturated heterocycles. The molecule has 1 atom stereocenters. The number of amides is 1. The average molecular weight is 351 g/mol. The summed E-state index contributed by atoms with van der Waals surface area (Å²) in [6, 6.07) is 7.61. The molecule has 2 rings (SSSR count). The Morgan fingerprint density at radius 1 is 1.33 bits per heavy atom. The number of benzene rings is 1. The molecule has 5 nitrogen and oxygen atoms in total. The Labute approximate surface area is 147 Å². The van der Waals surface area contributed by atoms with Gasteiger partial charge in [-0.15, -0.1) is 0 Å². The Balaban J connectivity index is 2.09. The van der Waals surface area contributed by atoms with E-state index in [1.807, 2.05) is 36.0 Å². The van der Waals surface area contributed by atoms with Crippen molar-refractivity contribution in [2.24, 2.45) is 5.41 Å². The Morgan fingerprint density at radius 3 is 2.62 bits per heavy atom. The number of carboxylic acids is 1. The Bertz CT molecular complexity index is 571. The van der Waals surface area contributed by atoms with Crippen LogP contribution in [0, 0.1) is 5.41 Å². The first-order valence-electron chi connectivity index (χ1n) is 8.20. The number of carbonyl (C=O) groups excluding carboxylic acids is 1. The van der Waals surface area contributed by atoms with Crippen LogP contribution in [0.3, 0.4) is 0 Å². The fourth-order valence-electron chi connectivity index (χ4n) is 3.08. The summed E-state index contributed by atoms with van der Waals surface area (Å²) in [6.07, 6.45) is 1.21. The topological polar surface area (TPSA) is 66.8 Å². The molecule has 1 amide bonds. The predicted molar refractivity (Wildman–Crippen MR) is 95.4 cm³/mol. The van der Waals surface area contributed by atoms with Crippen molar-refractivity contribution in [3.05, 3.63) is 35.4 Å². The highest BCUT2D eigenvalue weighted by Gasteiger charge is 2.43. The van der Waals surface area contributed by atoms with Gasteiger partial charge in [-0.2, -0.15) is 11.8 Å². The zero-order chi connectivity index (χ0) is 17.6. The van der Waals surface area contributed by atoms with E-state index in [1.54, 1.807) is 4.90 Å². The van der Waals surface area contributed by atoms with Gasteiger partial charge in [-0.3, -0.25) is 9.59 Å². The van der Waals surface area contributed by atoms with Crippen molar-refractivity contribution >= 4 is 23.6 Å². The van der Waals surface area contributed by atoms with Crippen LogP contribution in [0.15, 0.2) is 24.3 Å². The van der Waals surface area contributed by atoms with Crippen LogP contribution in [0.1, 0.15) is 35.7 Å². The van der Waals surface area contributed by atoms with E-state index in [0.717, 1.165) is 11.5 Å². The van der Waals surface area contributed by atoms with Gasteiger partial charge in [-0.05, 0) is 36.3 Å². The van der Waals surface area contributed by atoms with Gasteiger partial charge in [0.2, 0.25) is 0 Å². The van der Waals surface area contributed by atoms with Gasteiger partial charge in [0.25, 0.3) is 5.91 Å². The summed E-state index contributed by atoms with van der Waals surface area (Å²) in [5.41, 5.74) is 0.801. The molecular weight excluding hydrogens is 326 g/mol. The van der Waals surface area contributed by atoms with Crippen LogP contribution in [0.5, 0.6) is 0 Å². The number of likely N-dealkylation sites (tertiary alicyclic amines) is 1. The number of hydrogen-bond acceptors (Lipinski definition) is 4. The quantitative estimate of drug-likeness (QED) is 0.818. The van der Waals surface area contributed by atoms with E-state index < -0.39 is 11.4 Å². The van der Waals surface area contributed by atoms with E-state index in [9.17, 15) is 14.7 Å². The minimum absolute atomic E-state index is 0.105. The molecule has 1 N–H and O–H groups in total. The zero-order valence-corrected chi connectivity index (χ0v) is 15.1. The molecule has 1 aliphatic heterocycles. The van der Waals surface area contributed by atoms with E-state index >= 15 is 0 Å². The summed E-state index contributed by atoms with van der Waals surface area (Å²) < 4.78 is 5.11. The molecule has 24 heavy (non-hydrogen) atoms. The standard InChI is InChI=1S/C18H25NO4S/c1-3-24-11-14-5-7-15(8-6-14)16(20)19-10-4-9-18(12-19,13-23-2)17(21)22/h5-8H,3-4,9-13H2,1-2H3,(H,21,22). The van der Waals surface area contributed by atoms with Gasteiger partial charge in [0.15, 0.2) is 0 Å². The monoisotopic (exact) mass is 351 g/mol. The third-order valence-corrected chi connectivity index (χ3v) is 5.36. The predicted octanol–water partition coefficient (Wildman–Crippen LogP) is 2.89. The first kappa shape index (κ1) is 18.8. The number of hydrogen-bond donors (Lipinski definition) is 1. The van der Waals surface area contributed by atoms with Crippen LogP contribution < -0.4 is 0 Å². The average Bonchev–Trinajstić information content (AvgIpc) is 2.60. The molecular formula is C18H25NO4S. The van der Waals surface area contributed by atoms with Crippen molar-refractivity contribution in [2.45, 2.75) is 25.5 Å². The molecule has 1 heterocycles. The number of aliphatic carboxylic acids is 1. The summed E-state index contributed by atoms with van der Waals surface area (Å²) >= 11 is 1.84. The number of methoxy groups -OCH3 is 1. The molecule has 0 aliphatic carbocycles. The Morgan fingerprint density at radius 2 is 2.04 bits per heavy atom. The van der Waals surface area contributed by atoms with E-state index in [1.165, 1.54) is 12.7 Å². The normalized spacial score (nSPS) is 20.8. The molecule has 0 spiro atoms. The second-order valence-corrected chi connectivity index (χ2v) is 7.46. The molecule has 0 saturated carbocycles. The fraction of sp³-hybridized carbons (Fsp3) is 0.556. The van der Waals surface area contributed by atoms with Gasteiger partial charge in [-0.25, -0.2) is 0 Å². The summed E-state index contributed by atoms with van der Waals surface area (Å²) in [5.74, 6) is 0.996. The maximum absolute atomic E-state index is 12.7. The number of carboxylic acid groups (broad SMARTS) is 1. The molecule has 0 radical (unpaired) electrons. The molecule has 1 unspecified atom stereocenters. The lowest BCUT2D eigenvalue weighted by Crippen LogP contribution is -2.52. The highest BCUT2D eigenvalue weighted by molar-refractivity contribution is 7.98. The third kappa shape index (κ3) is 4.30. The molecule has 132 valence electrons. The SMILES string of the molecule is CCSCc1ccc(C(=O)N2CCCC(COC)(C(=O)O)C2)cc1. The lowest BCUT2D eigenvalue weighted by molar-refractivity contribution is -0.155. The molecule has 1 fully saturated rings. The van der Waals surface area contributed by atoms with Crippen LogP contribution >= 0.6 is 11.8 Å². The third-order valence-electron chi connectivity index (χ3n) is 4.41. The maximum Gasteiger partial charge on any atom is 0.313 e. The molecule has 1 aliphatic rings. The van der Waals surface area contributed by atoms with Crippen LogP contribution in [-0.4, -0.2) is 54.4 Å². The van der Waals surface area contributed by atoms with E-state index in [4.69, 9.17) is 4.74 Å². The van der Waals surface area contributed by atoms with Gasteiger partial charge in [0.05, 0.1) is 6.61 Å². The Hall–Kier alpha value is -1.53. The number of piperidine rings is 1. The van der Waals surface area contributed by atoms with Gasteiger partial charge >= 0.3 is 5.97 Å². The van der Waals surface area contributed by atoms with Gasteiger partial charge in [-0.1, -0.05) is 19.1 Å². The maximum atomic E-state index is 12.7. The summed E-state index contributed by atoms with van der Waals surface area (Å²) in [5, 5.41) is 9.59. The van der Waals surface area contributed by atoms with Crippen molar-refractivity contribution in [1.82, 2.24) is 4.90 Å². The van der Waals surface area contributed by atoms with Crippen LogP contribution in [0.4, 0.5) is 0 Å². The molecule has 0 bridgehead atoms. The van der Waals surface area contributed by atoms with Crippen LogP contribution in [0.25, 0.3) is 0 Å². The van der Waals surface area contributed by atoms with Crippen molar-refractivity contribution in [1.29, 1.82) is 0 Å². The van der Waals surface area contributed by atoms with Crippen molar-refractivity contribution in [3.63, 3.8) is 0 Å². The number of rotatable bonds is 7. The lowest BCUT2D eigenvalue weighted by Gasteiger charge is -2.39. The smallest absolute Gasteiger partial charge is 0.313 e. The van der Waals surface area contributed by atoms with Crippen LogP contribution in [0.2, 0.25) is 0 Å². The summed E-state index contributed by atoms with van der Waals surface area (Å²) in [7, 11) is 1.50. The highest BCUT2D eigenvalue weighted by atomic mass is 32.2. The van der Waals surface area contributed by atoms with Gasteiger partial charge in [0.1, 0.15) is 5.41 Å². The number of thioether (sulfide) groups is 1. The number of nitrogens with zero attached hydrogens (tertiary/aromatic N) is 1. The van der Waals surface area contributed by atoms with E-state index in [0.29, 0.717) is 24.9 Å². The van der Waals surface area contributed by atoms with Crippen molar-refractivity contribution in [2.75, 3.05) is 32.6 Å². The second kappa shape index (κ2) is 8.53. The highest BCUT2D eigenvalue weighted by Crippen LogP contribution is 2.31. The lowest BCUT2D eigenvalue weighted by atomic mass is 9.80. The van der Waals surface area contributed by atoms with Crippen molar-refractivity contribution < 1.29 is 19.4 Å². The van der Waals surface area contributed by atoms with Gasteiger partial charge in [0, 0.05) is 31.5 Å². The zero-order valence-electron chi connectivity index (χ0n) is 14.3. The molecule has 6 heteroatoms.